The van der Waals surface area contributed by atoms with Crippen LogP contribution in [0.4, 0.5) is 32.3 Å². The average molecular weight is 727 g/mol. The predicted octanol–water partition coefficient (Wildman–Crippen LogP) is 8.42. The van der Waals surface area contributed by atoms with Crippen LogP contribution in [-0.4, -0.2) is 66.3 Å². The summed E-state index contributed by atoms with van der Waals surface area (Å²) in [6.07, 6.45) is 6.98. The van der Waals surface area contributed by atoms with Gasteiger partial charge in [-0.3, -0.25) is 4.79 Å². The van der Waals surface area contributed by atoms with Crippen LogP contribution in [0.5, 0.6) is 17.2 Å². The number of likely N-dealkylation sites (tertiary alicyclic amines) is 1. The number of ether oxygens (including phenoxy) is 3. The van der Waals surface area contributed by atoms with E-state index >= 15 is 4.39 Å². The SMILES string of the molecule is CCC(C)NC(=O)CCc1ccc(N(C(=O)Oc2c(C)cccc2C)c2ccnc(Nc3ccc(OCCCN4CCCCC4)c(F)c3)n2)c(OC)c1. The first-order valence-corrected chi connectivity index (χ1v) is 18.4. The van der Waals surface area contributed by atoms with E-state index in [-0.39, 0.29) is 29.5 Å². The van der Waals surface area contributed by atoms with Crippen LogP contribution in [0.3, 0.4) is 0 Å². The topological polar surface area (TPSA) is 118 Å². The van der Waals surface area contributed by atoms with Crippen LogP contribution in [0.25, 0.3) is 0 Å². The lowest BCUT2D eigenvalue weighted by atomic mass is 10.1. The first kappa shape index (κ1) is 39.0. The van der Waals surface area contributed by atoms with Crippen molar-refractivity contribution in [3.8, 4) is 17.2 Å². The second-order valence-corrected chi connectivity index (χ2v) is 13.4. The average Bonchev–Trinajstić information content (AvgIpc) is 3.15. The molecular weight excluding hydrogens is 675 g/mol. The van der Waals surface area contributed by atoms with Crippen molar-refractivity contribution in [3.63, 3.8) is 0 Å². The molecule has 1 saturated heterocycles. The van der Waals surface area contributed by atoms with Gasteiger partial charge in [0.15, 0.2) is 11.6 Å². The Kier molecular flexibility index (Phi) is 14.0. The van der Waals surface area contributed by atoms with Crippen molar-refractivity contribution in [2.24, 2.45) is 0 Å². The summed E-state index contributed by atoms with van der Waals surface area (Å²) in [7, 11) is 1.51. The number of aryl methyl sites for hydroxylation is 3. The van der Waals surface area contributed by atoms with Crippen molar-refractivity contribution < 1.29 is 28.2 Å². The Morgan fingerprint density at radius 1 is 1.00 bits per heavy atom. The zero-order valence-electron chi connectivity index (χ0n) is 31.4. The molecule has 53 heavy (non-hydrogen) atoms. The summed E-state index contributed by atoms with van der Waals surface area (Å²) in [5.41, 5.74) is 3.21. The van der Waals surface area contributed by atoms with E-state index in [2.05, 4.69) is 25.5 Å². The maximum atomic E-state index is 15.1. The number of hydrogen-bond donors (Lipinski definition) is 2. The Morgan fingerprint density at radius 3 is 2.49 bits per heavy atom. The molecule has 2 heterocycles. The number of rotatable bonds is 16. The Morgan fingerprint density at radius 2 is 1.77 bits per heavy atom. The molecule has 282 valence electrons. The van der Waals surface area contributed by atoms with Crippen LogP contribution in [0.2, 0.25) is 0 Å². The third kappa shape index (κ3) is 10.9. The fourth-order valence-corrected chi connectivity index (χ4v) is 6.19. The molecule has 1 atom stereocenters. The van der Waals surface area contributed by atoms with Gasteiger partial charge in [0, 0.05) is 43.0 Å². The highest BCUT2D eigenvalue weighted by atomic mass is 19.1. The highest BCUT2D eigenvalue weighted by molar-refractivity contribution is 5.98. The number of piperidine rings is 1. The molecule has 2 N–H and O–H groups in total. The summed E-state index contributed by atoms with van der Waals surface area (Å²) < 4.78 is 32.6. The van der Waals surface area contributed by atoms with Gasteiger partial charge in [-0.15, -0.1) is 0 Å². The fraction of sp³-hybridized carbons (Fsp3) is 0.415. The summed E-state index contributed by atoms with van der Waals surface area (Å²) in [5, 5.41) is 6.03. The quantitative estimate of drug-likeness (QED) is 0.110. The first-order chi connectivity index (χ1) is 25.6. The Hall–Kier alpha value is -5.23. The van der Waals surface area contributed by atoms with E-state index in [0.29, 0.717) is 42.3 Å². The number of hydrogen-bond acceptors (Lipinski definition) is 9. The van der Waals surface area contributed by atoms with Gasteiger partial charge in [0.2, 0.25) is 11.9 Å². The number of anilines is 4. The number of carbonyl (C=O) groups is 2. The van der Waals surface area contributed by atoms with E-state index < -0.39 is 11.9 Å². The van der Waals surface area contributed by atoms with Crippen LogP contribution >= 0.6 is 0 Å². The molecule has 0 bridgehead atoms. The molecule has 1 aliphatic rings. The summed E-state index contributed by atoms with van der Waals surface area (Å²) in [4.78, 5) is 39.3. The molecule has 0 spiro atoms. The van der Waals surface area contributed by atoms with Crippen LogP contribution < -0.4 is 29.7 Å². The van der Waals surface area contributed by atoms with Gasteiger partial charge in [-0.05, 0) is 107 Å². The van der Waals surface area contributed by atoms with Gasteiger partial charge in [0.05, 0.1) is 19.4 Å². The molecule has 11 nitrogen and oxygen atoms in total. The minimum absolute atomic E-state index is 0.0347. The largest absolute Gasteiger partial charge is 0.495 e. The zero-order valence-corrected chi connectivity index (χ0v) is 31.4. The first-order valence-electron chi connectivity index (χ1n) is 18.4. The number of amides is 2. The second-order valence-electron chi connectivity index (χ2n) is 13.4. The molecule has 4 aromatic rings. The summed E-state index contributed by atoms with van der Waals surface area (Å²) in [6, 6.07) is 17.3. The Labute approximate surface area is 311 Å². The lowest BCUT2D eigenvalue weighted by Gasteiger charge is -2.26. The molecular formula is C41H51FN6O5. The van der Waals surface area contributed by atoms with E-state index in [1.807, 2.05) is 52.0 Å². The number of benzene rings is 3. The van der Waals surface area contributed by atoms with Gasteiger partial charge in [-0.2, -0.15) is 4.98 Å². The highest BCUT2D eigenvalue weighted by Crippen LogP contribution is 2.36. The monoisotopic (exact) mass is 726 g/mol. The van der Waals surface area contributed by atoms with Gasteiger partial charge in [-0.1, -0.05) is 37.6 Å². The van der Waals surface area contributed by atoms with Crippen LogP contribution in [0, 0.1) is 19.7 Å². The smallest absolute Gasteiger partial charge is 0.425 e. The van der Waals surface area contributed by atoms with Gasteiger partial charge in [0.1, 0.15) is 17.3 Å². The number of halogens is 1. The molecule has 12 heteroatoms. The lowest BCUT2D eigenvalue weighted by molar-refractivity contribution is -0.121. The molecule has 0 aliphatic carbocycles. The number of nitrogens with one attached hydrogen (secondary N) is 2. The molecule has 0 saturated carbocycles. The van der Waals surface area contributed by atoms with E-state index in [0.717, 1.165) is 49.2 Å². The lowest BCUT2D eigenvalue weighted by Crippen LogP contribution is -2.32. The maximum absolute atomic E-state index is 15.1. The van der Waals surface area contributed by atoms with Crippen molar-refractivity contribution in [2.75, 3.05) is 43.6 Å². The second kappa shape index (κ2) is 19.0. The van der Waals surface area contributed by atoms with Crippen molar-refractivity contribution >= 4 is 35.1 Å². The highest BCUT2D eigenvalue weighted by Gasteiger charge is 2.27. The fourth-order valence-electron chi connectivity index (χ4n) is 6.19. The minimum Gasteiger partial charge on any atom is -0.495 e. The normalized spacial score (nSPS) is 13.5. The van der Waals surface area contributed by atoms with E-state index in [9.17, 15) is 9.59 Å². The maximum Gasteiger partial charge on any atom is 0.425 e. The Balaban J connectivity index is 1.36. The minimum atomic E-state index is -0.723. The third-order valence-corrected chi connectivity index (χ3v) is 9.31. The number of aromatic nitrogens is 2. The van der Waals surface area contributed by atoms with Gasteiger partial charge < -0.3 is 29.7 Å². The van der Waals surface area contributed by atoms with E-state index in [1.165, 1.54) is 43.5 Å². The molecule has 5 rings (SSSR count). The summed E-state index contributed by atoms with van der Waals surface area (Å²) in [5.74, 6) is 0.761. The standard InChI is InChI=1S/C41H51FN6O5/c1-6-30(4)44-38(49)19-15-31-14-17-34(36(26-31)51-5)48(41(50)53-39-28(2)12-10-13-29(39)3)37-20-21-43-40(46-37)45-32-16-18-35(33(42)27-32)52-25-11-24-47-22-8-7-9-23-47/h10,12-14,16-18,20-21,26-27,30H,6-9,11,15,19,22-25H2,1-5H3,(H,44,49)(H,43,45,46). The molecule has 1 aromatic heterocycles. The molecule has 1 unspecified atom stereocenters. The van der Waals surface area contributed by atoms with Crippen LogP contribution in [0.15, 0.2) is 66.9 Å². The van der Waals surface area contributed by atoms with E-state index in [4.69, 9.17) is 14.2 Å². The van der Waals surface area contributed by atoms with Crippen LogP contribution in [0.1, 0.15) is 69.1 Å². The number of carbonyl (C=O) groups excluding carboxylic acids is 2. The number of nitrogens with zero attached hydrogens (tertiary/aromatic N) is 4. The van der Waals surface area contributed by atoms with Crippen molar-refractivity contribution in [2.45, 2.75) is 78.7 Å². The molecule has 2 amide bonds. The van der Waals surface area contributed by atoms with Gasteiger partial charge >= 0.3 is 6.09 Å². The Bertz CT molecular complexity index is 1830. The van der Waals surface area contributed by atoms with Crippen molar-refractivity contribution in [1.29, 1.82) is 0 Å². The summed E-state index contributed by atoms with van der Waals surface area (Å²) >= 11 is 0. The van der Waals surface area contributed by atoms with Gasteiger partial charge in [-0.25, -0.2) is 19.1 Å². The molecule has 3 aromatic carbocycles. The summed E-state index contributed by atoms with van der Waals surface area (Å²) in [6.45, 7) is 11.3. The molecule has 0 radical (unpaired) electrons. The zero-order chi connectivity index (χ0) is 37.7. The number of para-hydroxylation sites is 1. The molecule has 1 fully saturated rings. The van der Waals surface area contributed by atoms with Crippen molar-refractivity contribution in [3.05, 3.63) is 89.4 Å². The predicted molar refractivity (Wildman–Crippen MR) is 205 cm³/mol. The van der Waals surface area contributed by atoms with Crippen LogP contribution in [-0.2, 0) is 11.2 Å². The van der Waals surface area contributed by atoms with E-state index in [1.54, 1.807) is 30.3 Å². The molecule has 1 aliphatic heterocycles. The van der Waals surface area contributed by atoms with Crippen molar-refractivity contribution in [1.82, 2.24) is 20.2 Å². The number of methoxy groups -OCH3 is 1. The van der Waals surface area contributed by atoms with Gasteiger partial charge in [0.25, 0.3) is 0 Å². The third-order valence-electron chi connectivity index (χ3n) is 9.31.